The van der Waals surface area contributed by atoms with Crippen molar-refractivity contribution in [3.63, 3.8) is 0 Å². The monoisotopic (exact) mass is 1320 g/mol. The van der Waals surface area contributed by atoms with Crippen LogP contribution in [0.5, 0.6) is 0 Å². The van der Waals surface area contributed by atoms with E-state index in [-0.39, 0.29) is 135 Å². The topological polar surface area (TPSA) is 303 Å². The maximum absolute atomic E-state index is 14.6. The molecule has 9 amide bonds. The van der Waals surface area contributed by atoms with Crippen molar-refractivity contribution < 1.29 is 67.0 Å². The van der Waals surface area contributed by atoms with Crippen LogP contribution in [-0.2, 0) is 70.4 Å². The minimum absolute atomic E-state index is 0.00513. The molecule has 526 valence electrons. The van der Waals surface area contributed by atoms with E-state index < -0.39 is 71.7 Å². The summed E-state index contributed by atoms with van der Waals surface area (Å²) in [5.41, 5.74) is 6.65. The number of ketones is 3. The molecule has 23 nitrogen and oxygen atoms in total. The summed E-state index contributed by atoms with van der Waals surface area (Å²) in [7, 11) is 6.86. The number of amides is 9. The van der Waals surface area contributed by atoms with Crippen molar-refractivity contribution >= 4 is 70.6 Å². The number of carbonyl (C=O) groups excluding carboxylic acids is 11. The standard InChI is InChI=1S/C72H109N9O14/c1-13-48(6)66(79(10)69(90)55(46(2)3)42-60(84)72(8)34-22-36-78(72)9)59(93-11)43-64(88)80-38-21-26-56(80)67(94-12)49(7)57(82)40-52(39-50-23-16-14-17-24-50)44-75-71(92)95-45-51-28-30-54(31-29-51)76-68(89)53(25-20-35-74-70(73)91)41-58(83)65(47(4)5)77-61(85)27-18-15-19-37-81-62(86)32-33-63(81)87/h14,16-17,23-24,28-33,46-49,52-53,55-56,59,65-67H,13,15,18-22,25-27,34-45H2,1-12H3,(H,75,92)(H,76,89)(H,77,85)(H3,73,74,91)/t48-,49-,52+,53+,55-,56-,59+,65-,66-,67+,72-/m0/s1. The molecule has 0 bridgehead atoms. The number of ether oxygens (including phenoxy) is 3. The quantitative estimate of drug-likeness (QED) is 0.0312. The molecule has 2 saturated heterocycles. The summed E-state index contributed by atoms with van der Waals surface area (Å²) in [6, 6.07) is 13.8. The van der Waals surface area contributed by atoms with Gasteiger partial charge in [-0.3, -0.25) is 53.0 Å². The molecule has 6 N–H and O–H groups in total. The lowest BCUT2D eigenvalue weighted by Gasteiger charge is -2.41. The lowest BCUT2D eigenvalue weighted by Crippen LogP contribution is -2.54. The summed E-state index contributed by atoms with van der Waals surface area (Å²) in [6.07, 6.45) is 6.93. The fourth-order valence-electron chi connectivity index (χ4n) is 13.6. The number of nitrogens with zero attached hydrogens (tertiary/aromatic N) is 4. The number of urea groups is 1. The van der Waals surface area contributed by atoms with E-state index >= 15 is 0 Å². The summed E-state index contributed by atoms with van der Waals surface area (Å²) < 4.78 is 17.9. The molecule has 3 aliphatic rings. The van der Waals surface area contributed by atoms with Crippen LogP contribution in [0.3, 0.4) is 0 Å². The van der Waals surface area contributed by atoms with E-state index in [9.17, 15) is 52.7 Å². The molecule has 0 unspecified atom stereocenters. The van der Waals surface area contributed by atoms with Crippen molar-refractivity contribution in [2.24, 2.45) is 47.2 Å². The third-order valence-corrected chi connectivity index (χ3v) is 19.8. The van der Waals surface area contributed by atoms with Crippen LogP contribution in [0.25, 0.3) is 0 Å². The van der Waals surface area contributed by atoms with Gasteiger partial charge in [0.1, 0.15) is 12.4 Å². The first-order valence-electron chi connectivity index (χ1n) is 34.3. The predicted octanol–water partition coefficient (Wildman–Crippen LogP) is 7.96. The van der Waals surface area contributed by atoms with E-state index in [2.05, 4.69) is 33.1 Å². The van der Waals surface area contributed by atoms with E-state index in [0.717, 1.165) is 36.3 Å². The molecule has 0 radical (unpaired) electrons. The van der Waals surface area contributed by atoms with E-state index in [1.54, 1.807) is 64.3 Å². The minimum atomic E-state index is -0.874. The van der Waals surface area contributed by atoms with Crippen LogP contribution in [0, 0.1) is 41.4 Å². The molecule has 2 aromatic carbocycles. The number of primary amides is 1. The molecule has 2 fully saturated rings. The zero-order valence-electron chi connectivity index (χ0n) is 58.4. The highest BCUT2D eigenvalue weighted by Gasteiger charge is 2.46. The minimum Gasteiger partial charge on any atom is -0.445 e. The zero-order valence-corrected chi connectivity index (χ0v) is 58.4. The summed E-state index contributed by atoms with van der Waals surface area (Å²) in [5.74, 6) is -4.98. The smallest absolute Gasteiger partial charge is 0.407 e. The number of likely N-dealkylation sites (tertiary alicyclic amines) is 2. The number of Topliss-reactive ketones (excluding diaryl/α,β-unsaturated/α-hetero) is 3. The Hall–Kier alpha value is -7.37. The average molecular weight is 1320 g/mol. The lowest BCUT2D eigenvalue weighted by molar-refractivity contribution is -0.149. The highest BCUT2D eigenvalue weighted by Crippen LogP contribution is 2.35. The van der Waals surface area contributed by atoms with Gasteiger partial charge in [-0.05, 0) is 125 Å². The van der Waals surface area contributed by atoms with Crippen LogP contribution < -0.4 is 27.0 Å². The van der Waals surface area contributed by atoms with Gasteiger partial charge < -0.3 is 51.0 Å². The number of carbonyl (C=O) groups is 11. The summed E-state index contributed by atoms with van der Waals surface area (Å²) in [4.78, 5) is 154. The van der Waals surface area contributed by atoms with Crippen LogP contribution in [0.1, 0.15) is 163 Å². The van der Waals surface area contributed by atoms with Crippen LogP contribution >= 0.6 is 0 Å². The number of hydrogen-bond acceptors (Lipinski definition) is 15. The molecule has 3 heterocycles. The first kappa shape index (κ1) is 78.3. The van der Waals surface area contributed by atoms with E-state index in [1.165, 1.54) is 12.2 Å². The third kappa shape index (κ3) is 23.2. The number of anilines is 1. The Balaban J connectivity index is 1.16. The SMILES string of the molecule is CC[C@H](C)[C@@H]([C@@H](CC(=O)N1CCC[C@H]1[C@H](OC)[C@@H](C)C(=O)C[C@H](CNC(=O)OCc1ccc(NC(=O)[C@H](CCCNC(N)=O)CC(=O)[C@@H](NC(=O)CCCCCN2C(=O)C=CC2=O)C(C)C)cc1)Cc1ccccc1)OC)N(C)C(=O)[C@@H](CC(=O)[C@]1(C)CCCN1C)C(C)C. The first-order valence-corrected chi connectivity index (χ1v) is 34.3. The predicted molar refractivity (Wildman–Crippen MR) is 362 cm³/mol. The van der Waals surface area contributed by atoms with Crippen LogP contribution in [0.15, 0.2) is 66.7 Å². The number of nitrogens with one attached hydrogen (secondary N) is 4. The zero-order chi connectivity index (χ0) is 70.1. The first-order chi connectivity index (χ1) is 45.1. The Morgan fingerprint density at radius 3 is 2.05 bits per heavy atom. The fourth-order valence-corrected chi connectivity index (χ4v) is 13.6. The number of methoxy groups -OCH3 is 2. The Kier molecular flexibility index (Phi) is 31.7. The number of benzene rings is 2. The Morgan fingerprint density at radius 2 is 1.45 bits per heavy atom. The molecule has 95 heavy (non-hydrogen) atoms. The van der Waals surface area contributed by atoms with Crippen molar-refractivity contribution in [2.75, 3.05) is 66.4 Å². The maximum Gasteiger partial charge on any atom is 0.407 e. The Morgan fingerprint density at radius 1 is 0.768 bits per heavy atom. The summed E-state index contributed by atoms with van der Waals surface area (Å²) in [5, 5.41) is 11.1. The second-order valence-electron chi connectivity index (χ2n) is 27.3. The molecule has 0 spiro atoms. The van der Waals surface area contributed by atoms with Crippen molar-refractivity contribution in [3.8, 4) is 0 Å². The van der Waals surface area contributed by atoms with Gasteiger partial charge in [-0.2, -0.15) is 0 Å². The van der Waals surface area contributed by atoms with E-state index in [1.807, 2.05) is 76.9 Å². The molecular formula is C72H109N9O14. The van der Waals surface area contributed by atoms with Gasteiger partial charge in [-0.25, -0.2) is 9.59 Å². The molecular weight excluding hydrogens is 1210 g/mol. The molecule has 5 rings (SSSR count). The van der Waals surface area contributed by atoms with Gasteiger partial charge in [0.05, 0.1) is 42.3 Å². The number of rotatable bonds is 41. The molecule has 3 aliphatic heterocycles. The van der Waals surface area contributed by atoms with Gasteiger partial charge in [0.15, 0.2) is 11.6 Å². The lowest BCUT2D eigenvalue weighted by atomic mass is 9.81. The molecule has 11 atom stereocenters. The van der Waals surface area contributed by atoms with Crippen LogP contribution in [0.4, 0.5) is 15.3 Å². The highest BCUT2D eigenvalue weighted by molar-refractivity contribution is 6.12. The van der Waals surface area contributed by atoms with Gasteiger partial charge in [-0.1, -0.05) is 104 Å². The summed E-state index contributed by atoms with van der Waals surface area (Å²) >= 11 is 0. The van der Waals surface area contributed by atoms with Gasteiger partial charge in [0, 0.05) is 109 Å². The molecule has 0 aliphatic carbocycles. The van der Waals surface area contributed by atoms with Crippen LogP contribution in [-0.4, -0.2) is 181 Å². The number of imide groups is 1. The van der Waals surface area contributed by atoms with Gasteiger partial charge >= 0.3 is 12.1 Å². The van der Waals surface area contributed by atoms with Gasteiger partial charge in [0.2, 0.25) is 23.6 Å². The Bertz CT molecular complexity index is 2920. The fraction of sp³-hybridized carbons (Fsp3) is 0.653. The number of likely N-dealkylation sites (N-methyl/N-ethyl adjacent to an activating group) is 2. The van der Waals surface area contributed by atoms with E-state index in [4.69, 9.17) is 19.9 Å². The number of alkyl carbamates (subject to hydrolysis) is 1. The Labute approximate surface area is 562 Å². The molecule has 0 aromatic heterocycles. The number of nitrogens with two attached hydrogens (primary N) is 1. The number of hydrogen-bond donors (Lipinski definition) is 5. The summed E-state index contributed by atoms with van der Waals surface area (Å²) in [6.45, 7) is 17.2. The van der Waals surface area contributed by atoms with E-state index in [0.29, 0.717) is 62.7 Å². The van der Waals surface area contributed by atoms with Crippen molar-refractivity contribution in [2.45, 2.75) is 201 Å². The van der Waals surface area contributed by atoms with Crippen molar-refractivity contribution in [1.82, 2.24) is 35.6 Å². The molecule has 0 saturated carbocycles. The third-order valence-electron chi connectivity index (χ3n) is 19.8. The molecule has 2 aromatic rings. The average Bonchev–Trinajstić information content (AvgIpc) is 1.79. The maximum atomic E-state index is 14.6. The van der Waals surface area contributed by atoms with Crippen molar-refractivity contribution in [3.05, 3.63) is 77.9 Å². The highest BCUT2D eigenvalue weighted by atomic mass is 16.5. The van der Waals surface area contributed by atoms with Gasteiger partial charge in [0.25, 0.3) is 11.8 Å². The second-order valence-corrected chi connectivity index (χ2v) is 27.3. The second kappa shape index (κ2) is 38.4. The van der Waals surface area contributed by atoms with Crippen molar-refractivity contribution in [1.29, 1.82) is 0 Å². The van der Waals surface area contributed by atoms with Crippen LogP contribution in [0.2, 0.25) is 0 Å². The molecule has 23 heteroatoms. The number of unbranched alkanes of at least 4 members (excludes halogenated alkanes) is 2. The largest absolute Gasteiger partial charge is 0.445 e. The normalized spacial score (nSPS) is 19.3. The van der Waals surface area contributed by atoms with Gasteiger partial charge in [-0.15, -0.1) is 0 Å².